The van der Waals surface area contributed by atoms with Crippen molar-refractivity contribution >= 4 is 5.95 Å². The molecule has 1 aromatic heterocycles. The number of ether oxygens (including phenoxy) is 2. The first-order chi connectivity index (χ1) is 13.3. The van der Waals surface area contributed by atoms with Crippen LogP contribution in [0.25, 0.3) is 0 Å². The van der Waals surface area contributed by atoms with Crippen LogP contribution in [-0.2, 0) is 0 Å². The van der Waals surface area contributed by atoms with Gasteiger partial charge in [-0.25, -0.2) is 4.68 Å². The smallest absolute Gasteiger partial charge is 0.222 e. The molecule has 0 aliphatic carbocycles. The molecule has 0 fully saturated rings. The summed E-state index contributed by atoms with van der Waals surface area (Å²) in [4.78, 5) is 4.39. The summed E-state index contributed by atoms with van der Waals surface area (Å²) in [6.07, 6.45) is 2.49. The van der Waals surface area contributed by atoms with Gasteiger partial charge in [0.1, 0.15) is 17.8 Å². The van der Waals surface area contributed by atoms with Crippen LogP contribution in [0.1, 0.15) is 43.5 Å². The molecule has 4 rings (SSSR count). The number of nitrogens with one attached hydrogen (secondary N) is 1. The lowest BCUT2D eigenvalue weighted by atomic mass is 9.93. The van der Waals surface area contributed by atoms with Crippen molar-refractivity contribution in [2.75, 3.05) is 18.5 Å². The van der Waals surface area contributed by atoms with Gasteiger partial charge in [0.05, 0.1) is 25.3 Å². The molecule has 0 saturated carbocycles. The largest absolute Gasteiger partial charge is 0.494 e. The normalized spacial score (nSPS) is 18.4. The maximum atomic E-state index is 5.57. The van der Waals surface area contributed by atoms with E-state index in [9.17, 15) is 0 Å². The van der Waals surface area contributed by atoms with E-state index < -0.39 is 0 Å². The third-order valence-electron chi connectivity index (χ3n) is 4.80. The number of benzene rings is 2. The van der Waals surface area contributed by atoms with E-state index in [1.807, 2.05) is 42.8 Å². The van der Waals surface area contributed by atoms with Crippen molar-refractivity contribution in [3.8, 4) is 11.5 Å². The molecule has 2 aromatic carbocycles. The highest BCUT2D eigenvalue weighted by Gasteiger charge is 2.29. The fraction of sp³-hybridized carbons (Fsp3) is 0.333. The average molecular weight is 364 g/mol. The monoisotopic (exact) mass is 364 g/mol. The summed E-state index contributed by atoms with van der Waals surface area (Å²) in [5.41, 5.74) is 2.41. The van der Waals surface area contributed by atoms with Crippen LogP contribution in [0, 0.1) is 0 Å². The standard InChI is InChI=1S/C21H24N4O2/c1-3-26-17-9-5-15(6-10-17)19-13-20(25-21(24-19)22-14-23-25)16-7-11-18(12-8-16)27-4-2/h5-12,14,19-20H,3-4,13H2,1-2H3,(H,22,23,24)/t19-,20-/m0/s1. The lowest BCUT2D eigenvalue weighted by Crippen LogP contribution is -2.28. The van der Waals surface area contributed by atoms with Gasteiger partial charge in [0.25, 0.3) is 0 Å². The van der Waals surface area contributed by atoms with Crippen molar-refractivity contribution in [3.63, 3.8) is 0 Å². The first-order valence-corrected chi connectivity index (χ1v) is 9.40. The van der Waals surface area contributed by atoms with Crippen LogP contribution >= 0.6 is 0 Å². The van der Waals surface area contributed by atoms with Crippen LogP contribution in [0.4, 0.5) is 5.95 Å². The Morgan fingerprint density at radius 3 is 2.11 bits per heavy atom. The predicted octanol–water partition coefficient (Wildman–Crippen LogP) is 4.22. The molecule has 1 aliphatic rings. The molecule has 2 heterocycles. The van der Waals surface area contributed by atoms with Crippen molar-refractivity contribution in [1.82, 2.24) is 14.8 Å². The fourth-order valence-electron chi connectivity index (χ4n) is 3.53. The van der Waals surface area contributed by atoms with Gasteiger partial charge in [0, 0.05) is 0 Å². The van der Waals surface area contributed by atoms with Crippen molar-refractivity contribution < 1.29 is 9.47 Å². The Hall–Kier alpha value is -3.02. The molecule has 27 heavy (non-hydrogen) atoms. The Labute approximate surface area is 159 Å². The molecule has 140 valence electrons. The van der Waals surface area contributed by atoms with E-state index in [2.05, 4.69) is 39.7 Å². The minimum atomic E-state index is 0.121. The van der Waals surface area contributed by atoms with Crippen molar-refractivity contribution in [2.45, 2.75) is 32.4 Å². The zero-order valence-electron chi connectivity index (χ0n) is 15.6. The molecule has 6 nitrogen and oxygen atoms in total. The SMILES string of the molecule is CCOc1ccc([C@@H]2C[C@@H](c3ccc(OCC)cc3)n3ncnc3N2)cc1. The average Bonchev–Trinajstić information content (AvgIpc) is 3.18. The number of nitrogens with zero attached hydrogens (tertiary/aromatic N) is 3. The van der Waals surface area contributed by atoms with E-state index in [0.29, 0.717) is 13.2 Å². The molecule has 0 amide bonds. The third kappa shape index (κ3) is 3.60. The molecule has 3 aromatic rings. The van der Waals surface area contributed by atoms with Crippen LogP contribution in [-0.4, -0.2) is 28.0 Å². The van der Waals surface area contributed by atoms with Gasteiger partial charge in [-0.15, -0.1) is 0 Å². The molecule has 0 bridgehead atoms. The van der Waals surface area contributed by atoms with E-state index in [0.717, 1.165) is 23.9 Å². The lowest BCUT2D eigenvalue weighted by molar-refractivity contribution is 0.339. The molecular formula is C21H24N4O2. The molecule has 0 unspecified atom stereocenters. The predicted molar refractivity (Wildman–Crippen MR) is 104 cm³/mol. The second-order valence-corrected chi connectivity index (χ2v) is 6.48. The molecule has 0 spiro atoms. The Kier molecular flexibility index (Phi) is 4.96. The summed E-state index contributed by atoms with van der Waals surface area (Å²) >= 11 is 0. The van der Waals surface area contributed by atoms with E-state index in [-0.39, 0.29) is 12.1 Å². The van der Waals surface area contributed by atoms with Gasteiger partial charge in [0.15, 0.2) is 0 Å². The highest BCUT2D eigenvalue weighted by Crippen LogP contribution is 2.38. The minimum absolute atomic E-state index is 0.121. The van der Waals surface area contributed by atoms with Crippen LogP contribution in [0.5, 0.6) is 11.5 Å². The zero-order chi connectivity index (χ0) is 18.6. The second kappa shape index (κ2) is 7.70. The zero-order valence-corrected chi connectivity index (χ0v) is 15.6. The first-order valence-electron chi connectivity index (χ1n) is 9.40. The summed E-state index contributed by atoms with van der Waals surface area (Å²) < 4.78 is 13.1. The Balaban J connectivity index is 1.60. The van der Waals surface area contributed by atoms with Crippen molar-refractivity contribution in [3.05, 3.63) is 66.0 Å². The summed E-state index contributed by atoms with van der Waals surface area (Å²) in [5.74, 6) is 2.57. The van der Waals surface area contributed by atoms with Gasteiger partial charge in [-0.05, 0) is 55.7 Å². The van der Waals surface area contributed by atoms with Gasteiger partial charge < -0.3 is 14.8 Å². The highest BCUT2D eigenvalue weighted by atomic mass is 16.5. The van der Waals surface area contributed by atoms with E-state index in [1.54, 1.807) is 6.33 Å². The van der Waals surface area contributed by atoms with Crippen molar-refractivity contribution in [2.24, 2.45) is 0 Å². The van der Waals surface area contributed by atoms with E-state index in [4.69, 9.17) is 9.47 Å². The summed E-state index contributed by atoms with van der Waals surface area (Å²) in [7, 11) is 0. The first kappa shape index (κ1) is 17.4. The molecular weight excluding hydrogens is 340 g/mol. The molecule has 0 radical (unpaired) electrons. The lowest BCUT2D eigenvalue weighted by Gasteiger charge is -2.32. The number of rotatable bonds is 6. The quantitative estimate of drug-likeness (QED) is 0.709. The van der Waals surface area contributed by atoms with Crippen molar-refractivity contribution in [1.29, 1.82) is 0 Å². The van der Waals surface area contributed by atoms with Crippen LogP contribution in [0.2, 0.25) is 0 Å². The van der Waals surface area contributed by atoms with Crippen LogP contribution in [0.15, 0.2) is 54.9 Å². The van der Waals surface area contributed by atoms with Gasteiger partial charge in [-0.2, -0.15) is 10.1 Å². The number of hydrogen-bond acceptors (Lipinski definition) is 5. The maximum Gasteiger partial charge on any atom is 0.222 e. The Morgan fingerprint density at radius 2 is 1.52 bits per heavy atom. The van der Waals surface area contributed by atoms with Gasteiger partial charge in [-0.1, -0.05) is 24.3 Å². The van der Waals surface area contributed by atoms with Crippen LogP contribution < -0.4 is 14.8 Å². The van der Waals surface area contributed by atoms with Gasteiger partial charge in [-0.3, -0.25) is 0 Å². The summed E-state index contributed by atoms with van der Waals surface area (Å²) in [6.45, 7) is 5.32. The molecule has 0 saturated heterocycles. The molecule has 1 aliphatic heterocycles. The topological polar surface area (TPSA) is 61.2 Å². The highest BCUT2D eigenvalue weighted by molar-refractivity contribution is 5.40. The van der Waals surface area contributed by atoms with Gasteiger partial charge >= 0.3 is 0 Å². The summed E-state index contributed by atoms with van der Waals surface area (Å²) in [6, 6.07) is 16.8. The Bertz CT molecular complexity index is 874. The maximum absolute atomic E-state index is 5.57. The summed E-state index contributed by atoms with van der Waals surface area (Å²) in [5, 5.41) is 7.93. The molecule has 6 heteroatoms. The van der Waals surface area contributed by atoms with Gasteiger partial charge in [0.2, 0.25) is 5.95 Å². The second-order valence-electron chi connectivity index (χ2n) is 6.48. The molecule has 1 N–H and O–H groups in total. The number of aromatic nitrogens is 3. The fourth-order valence-corrected chi connectivity index (χ4v) is 3.53. The number of fused-ring (bicyclic) bond motifs is 1. The molecule has 2 atom stereocenters. The third-order valence-corrected chi connectivity index (χ3v) is 4.80. The van der Waals surface area contributed by atoms with E-state index >= 15 is 0 Å². The Morgan fingerprint density at radius 1 is 0.926 bits per heavy atom. The van der Waals surface area contributed by atoms with Crippen LogP contribution in [0.3, 0.4) is 0 Å². The van der Waals surface area contributed by atoms with E-state index in [1.165, 1.54) is 11.1 Å². The number of hydrogen-bond donors (Lipinski definition) is 1. The minimum Gasteiger partial charge on any atom is -0.494 e. The number of anilines is 1.